The molecule has 5 heteroatoms. The number of rotatable bonds is 1. The molecule has 3 nitrogen and oxygen atoms in total. The van der Waals surface area contributed by atoms with Crippen LogP contribution in [0.5, 0.6) is 0 Å². The van der Waals surface area contributed by atoms with Crippen LogP contribution in [0.4, 0.5) is 5.69 Å². The zero-order valence-electron chi connectivity index (χ0n) is 7.27. The minimum atomic E-state index is -1.46. The molecule has 0 spiro atoms. The summed E-state index contributed by atoms with van der Waals surface area (Å²) in [5.74, 6) is 0. The van der Waals surface area contributed by atoms with Crippen molar-refractivity contribution in [2.45, 2.75) is 0 Å². The molecule has 1 aliphatic heterocycles. The molecule has 2 rings (SSSR count). The molecule has 0 radical (unpaired) electrons. The third-order valence-corrected chi connectivity index (χ3v) is 3.16. The molecular weight excluding hydrogens is 222 g/mol. The maximum absolute atomic E-state index is 11.4. The lowest BCUT2D eigenvalue weighted by atomic mass is 10.3. The Morgan fingerprint density at radius 1 is 1.43 bits per heavy atom. The molecule has 0 N–H and O–H groups in total. The third kappa shape index (κ3) is 1.68. The van der Waals surface area contributed by atoms with Gasteiger partial charge in [0.05, 0.1) is 11.4 Å². The van der Waals surface area contributed by atoms with Crippen LogP contribution in [-0.2, 0) is 15.4 Å². The normalized spacial score (nSPS) is 21.6. The zero-order valence-corrected chi connectivity index (χ0v) is 8.85. The standard InChI is InChI=1S/C9H8ClNO2S/c1-7-6-13-14(12)11(7)9-4-2-8(10)3-5-9/h2-5H,1,6H2. The highest BCUT2D eigenvalue weighted by Crippen LogP contribution is 2.27. The van der Waals surface area contributed by atoms with Gasteiger partial charge < -0.3 is 0 Å². The summed E-state index contributed by atoms with van der Waals surface area (Å²) < 4.78 is 17.9. The molecule has 1 aliphatic rings. The van der Waals surface area contributed by atoms with Crippen LogP contribution in [0.2, 0.25) is 5.02 Å². The smallest absolute Gasteiger partial charge is 0.267 e. The van der Waals surface area contributed by atoms with Crippen LogP contribution >= 0.6 is 11.6 Å². The Kier molecular flexibility index (Phi) is 2.58. The average molecular weight is 230 g/mol. The molecule has 0 amide bonds. The molecular formula is C9H8ClNO2S. The molecule has 1 atom stereocenters. The van der Waals surface area contributed by atoms with E-state index in [2.05, 4.69) is 6.58 Å². The molecule has 1 fully saturated rings. The first-order valence-corrected chi connectivity index (χ1v) is 5.38. The number of anilines is 1. The summed E-state index contributed by atoms with van der Waals surface area (Å²) >= 11 is 4.29. The maximum atomic E-state index is 11.4. The Bertz CT molecular complexity index is 374. The van der Waals surface area contributed by atoms with E-state index in [-0.39, 0.29) is 0 Å². The first kappa shape index (κ1) is 9.71. The van der Waals surface area contributed by atoms with Crippen molar-refractivity contribution in [3.8, 4) is 0 Å². The van der Waals surface area contributed by atoms with Gasteiger partial charge in [-0.3, -0.25) is 4.18 Å². The summed E-state index contributed by atoms with van der Waals surface area (Å²) in [6.07, 6.45) is 0. The van der Waals surface area contributed by atoms with Crippen LogP contribution in [0.3, 0.4) is 0 Å². The van der Waals surface area contributed by atoms with Crippen LogP contribution in [0, 0.1) is 0 Å². The van der Waals surface area contributed by atoms with Crippen molar-refractivity contribution in [2.75, 3.05) is 10.9 Å². The van der Waals surface area contributed by atoms with Crippen molar-refractivity contribution in [2.24, 2.45) is 0 Å². The highest BCUT2D eigenvalue weighted by molar-refractivity contribution is 7.82. The van der Waals surface area contributed by atoms with Gasteiger partial charge in [0.1, 0.15) is 6.61 Å². The van der Waals surface area contributed by atoms with E-state index < -0.39 is 11.3 Å². The predicted octanol–water partition coefficient (Wildman–Crippen LogP) is 2.27. The SMILES string of the molecule is C=C1COS(=O)N1c1ccc(Cl)cc1. The highest BCUT2D eigenvalue weighted by atomic mass is 35.5. The van der Waals surface area contributed by atoms with E-state index >= 15 is 0 Å². The fourth-order valence-electron chi connectivity index (χ4n) is 1.18. The van der Waals surface area contributed by atoms with Crippen molar-refractivity contribution < 1.29 is 8.39 Å². The van der Waals surface area contributed by atoms with Crippen molar-refractivity contribution in [3.05, 3.63) is 41.6 Å². The predicted molar refractivity (Wildman–Crippen MR) is 57.2 cm³/mol. The van der Waals surface area contributed by atoms with Gasteiger partial charge in [-0.1, -0.05) is 18.2 Å². The molecule has 1 saturated heterocycles. The largest absolute Gasteiger partial charge is 0.269 e. The summed E-state index contributed by atoms with van der Waals surface area (Å²) in [6, 6.07) is 7.03. The topological polar surface area (TPSA) is 29.5 Å². The quantitative estimate of drug-likeness (QED) is 0.740. The van der Waals surface area contributed by atoms with Gasteiger partial charge in [0.15, 0.2) is 0 Å². The average Bonchev–Trinajstić information content (AvgIpc) is 2.49. The molecule has 0 bridgehead atoms. The third-order valence-electron chi connectivity index (χ3n) is 1.82. The van der Waals surface area contributed by atoms with E-state index in [9.17, 15) is 4.21 Å². The zero-order chi connectivity index (χ0) is 10.1. The second-order valence-corrected chi connectivity index (χ2v) is 4.29. The summed E-state index contributed by atoms with van der Waals surface area (Å²) in [4.78, 5) is 0. The Hall–Kier alpha value is -0.840. The summed E-state index contributed by atoms with van der Waals surface area (Å²) in [7, 11) is 0. The van der Waals surface area contributed by atoms with Gasteiger partial charge in [-0.15, -0.1) is 0 Å². The van der Waals surface area contributed by atoms with Crippen LogP contribution in [-0.4, -0.2) is 10.8 Å². The number of benzene rings is 1. The minimum Gasteiger partial charge on any atom is -0.267 e. The number of hydrogen-bond acceptors (Lipinski definition) is 2. The van der Waals surface area contributed by atoms with Gasteiger partial charge in [-0.05, 0) is 24.3 Å². The van der Waals surface area contributed by atoms with Gasteiger partial charge >= 0.3 is 0 Å². The van der Waals surface area contributed by atoms with E-state index in [4.69, 9.17) is 15.8 Å². The maximum Gasteiger partial charge on any atom is 0.269 e. The summed E-state index contributed by atoms with van der Waals surface area (Å²) in [6.45, 7) is 4.06. The lowest BCUT2D eigenvalue weighted by molar-refractivity contribution is 0.408. The van der Waals surface area contributed by atoms with Crippen LogP contribution in [0.15, 0.2) is 36.5 Å². The molecule has 74 valence electrons. The number of nitrogens with zero attached hydrogens (tertiary/aromatic N) is 1. The van der Waals surface area contributed by atoms with Crippen LogP contribution < -0.4 is 4.31 Å². The molecule has 0 saturated carbocycles. The Labute approximate surface area is 89.7 Å². The molecule has 1 heterocycles. The number of hydrogen-bond donors (Lipinski definition) is 0. The van der Waals surface area contributed by atoms with Crippen molar-refractivity contribution in [1.82, 2.24) is 0 Å². The van der Waals surface area contributed by atoms with Gasteiger partial charge in [0, 0.05) is 5.02 Å². The molecule has 1 unspecified atom stereocenters. The minimum absolute atomic E-state index is 0.301. The van der Waals surface area contributed by atoms with Crippen LogP contribution in [0.1, 0.15) is 0 Å². The Morgan fingerprint density at radius 3 is 2.57 bits per heavy atom. The fraction of sp³-hybridized carbons (Fsp3) is 0.111. The summed E-state index contributed by atoms with van der Waals surface area (Å²) in [5.41, 5.74) is 1.46. The molecule has 1 aromatic carbocycles. The summed E-state index contributed by atoms with van der Waals surface area (Å²) in [5, 5.41) is 0.644. The van der Waals surface area contributed by atoms with Crippen molar-refractivity contribution >= 4 is 28.6 Å². The highest BCUT2D eigenvalue weighted by Gasteiger charge is 2.25. The van der Waals surface area contributed by atoms with Gasteiger partial charge in [0.2, 0.25) is 0 Å². The van der Waals surface area contributed by atoms with E-state index in [1.54, 1.807) is 24.3 Å². The van der Waals surface area contributed by atoms with E-state index in [0.717, 1.165) is 5.69 Å². The van der Waals surface area contributed by atoms with E-state index in [0.29, 0.717) is 17.3 Å². The lowest BCUT2D eigenvalue weighted by Gasteiger charge is -2.14. The van der Waals surface area contributed by atoms with Crippen LogP contribution in [0.25, 0.3) is 0 Å². The van der Waals surface area contributed by atoms with Gasteiger partial charge in [0.25, 0.3) is 11.3 Å². The Balaban J connectivity index is 2.34. The lowest BCUT2D eigenvalue weighted by Crippen LogP contribution is -2.17. The van der Waals surface area contributed by atoms with Crippen molar-refractivity contribution in [3.63, 3.8) is 0 Å². The molecule has 0 aromatic heterocycles. The second kappa shape index (κ2) is 3.73. The van der Waals surface area contributed by atoms with Crippen molar-refractivity contribution in [1.29, 1.82) is 0 Å². The second-order valence-electron chi connectivity index (χ2n) is 2.82. The first-order chi connectivity index (χ1) is 6.68. The van der Waals surface area contributed by atoms with Gasteiger partial charge in [-0.25, -0.2) is 8.51 Å². The molecule has 14 heavy (non-hydrogen) atoms. The monoisotopic (exact) mass is 229 g/mol. The van der Waals surface area contributed by atoms with E-state index in [1.165, 1.54) is 4.31 Å². The number of halogens is 1. The Morgan fingerprint density at radius 2 is 2.07 bits per heavy atom. The van der Waals surface area contributed by atoms with Gasteiger partial charge in [-0.2, -0.15) is 0 Å². The fourth-order valence-corrected chi connectivity index (χ4v) is 2.21. The molecule has 0 aliphatic carbocycles. The van der Waals surface area contributed by atoms with E-state index in [1.807, 2.05) is 0 Å². The molecule has 1 aromatic rings. The first-order valence-electron chi connectivity index (χ1n) is 3.97.